The molecule has 0 radical (unpaired) electrons. The van der Waals surface area contributed by atoms with Gasteiger partial charge in [-0.15, -0.1) is 0 Å². The summed E-state index contributed by atoms with van der Waals surface area (Å²) in [6, 6.07) is 6.90. The molecule has 6 nitrogen and oxygen atoms in total. The van der Waals surface area contributed by atoms with Crippen LogP contribution in [0, 0.1) is 5.92 Å². The highest BCUT2D eigenvalue weighted by atomic mass is 35.5. The second kappa shape index (κ2) is 6.11. The number of anilines is 1. The van der Waals surface area contributed by atoms with Gasteiger partial charge >= 0.3 is 0 Å². The Morgan fingerprint density at radius 3 is 2.55 bits per heavy atom. The number of carbonyl (C=O) groups is 2. The summed E-state index contributed by atoms with van der Waals surface area (Å²) in [6.07, 6.45) is 4.40. The first-order chi connectivity index (χ1) is 10.6. The molecule has 0 aliphatic carbocycles. The van der Waals surface area contributed by atoms with E-state index in [9.17, 15) is 9.59 Å². The van der Waals surface area contributed by atoms with Gasteiger partial charge in [-0.3, -0.25) is 14.6 Å². The van der Waals surface area contributed by atoms with Crippen LogP contribution in [0.1, 0.15) is 10.5 Å². The summed E-state index contributed by atoms with van der Waals surface area (Å²) in [6.45, 7) is 0.768. The molecule has 22 heavy (non-hydrogen) atoms. The van der Waals surface area contributed by atoms with Crippen molar-refractivity contribution in [3.63, 3.8) is 0 Å². The molecule has 1 aromatic heterocycles. The molecule has 1 aliphatic heterocycles. The Hall–Kier alpha value is -2.47. The van der Waals surface area contributed by atoms with Gasteiger partial charge in [0, 0.05) is 36.2 Å². The van der Waals surface area contributed by atoms with Crippen LogP contribution in [0.4, 0.5) is 5.69 Å². The number of hydrogen-bond donors (Lipinski definition) is 1. The first-order valence-electron chi connectivity index (χ1n) is 6.75. The van der Waals surface area contributed by atoms with Crippen LogP contribution in [0.3, 0.4) is 0 Å². The lowest BCUT2D eigenvalue weighted by molar-refractivity contribution is -0.123. The SMILES string of the molecule is O=C(Nc1ccc(Cl)cc1)C1CN(C(=O)c2cnccn2)C1. The van der Waals surface area contributed by atoms with Gasteiger partial charge < -0.3 is 10.2 Å². The molecular formula is C15H13ClN4O2. The zero-order valence-corrected chi connectivity index (χ0v) is 12.3. The molecule has 3 rings (SSSR count). The average Bonchev–Trinajstić information content (AvgIpc) is 2.49. The zero-order valence-electron chi connectivity index (χ0n) is 11.6. The van der Waals surface area contributed by atoms with Crippen molar-refractivity contribution in [2.75, 3.05) is 18.4 Å². The maximum Gasteiger partial charge on any atom is 0.274 e. The Morgan fingerprint density at radius 2 is 1.91 bits per heavy atom. The predicted octanol–water partition coefficient (Wildman–Crippen LogP) is 1.84. The van der Waals surface area contributed by atoms with Crippen LogP contribution < -0.4 is 5.32 Å². The minimum atomic E-state index is -0.212. The van der Waals surface area contributed by atoms with E-state index in [4.69, 9.17) is 11.6 Å². The molecule has 1 N–H and O–H groups in total. The van der Waals surface area contributed by atoms with E-state index in [2.05, 4.69) is 15.3 Å². The second-order valence-electron chi connectivity index (χ2n) is 4.99. The monoisotopic (exact) mass is 316 g/mol. The lowest BCUT2D eigenvalue weighted by Gasteiger charge is -2.37. The summed E-state index contributed by atoms with van der Waals surface area (Å²) in [5.41, 5.74) is 0.979. The third kappa shape index (κ3) is 3.07. The molecule has 0 unspecified atom stereocenters. The number of nitrogens with zero attached hydrogens (tertiary/aromatic N) is 3. The van der Waals surface area contributed by atoms with Crippen LogP contribution in [-0.4, -0.2) is 39.8 Å². The van der Waals surface area contributed by atoms with Crippen LogP contribution in [-0.2, 0) is 4.79 Å². The fourth-order valence-corrected chi connectivity index (χ4v) is 2.29. The summed E-state index contributed by atoms with van der Waals surface area (Å²) >= 11 is 5.79. The highest BCUT2D eigenvalue weighted by Crippen LogP contribution is 2.20. The average molecular weight is 317 g/mol. The van der Waals surface area contributed by atoms with Crippen LogP contribution in [0.2, 0.25) is 5.02 Å². The molecule has 1 aliphatic rings. The zero-order chi connectivity index (χ0) is 15.5. The van der Waals surface area contributed by atoms with Gasteiger partial charge in [0.05, 0.1) is 12.1 Å². The van der Waals surface area contributed by atoms with Gasteiger partial charge in [0.1, 0.15) is 5.69 Å². The summed E-state index contributed by atoms with van der Waals surface area (Å²) in [4.78, 5) is 33.5. The van der Waals surface area contributed by atoms with Crippen molar-refractivity contribution < 1.29 is 9.59 Å². The molecule has 1 fully saturated rings. The Balaban J connectivity index is 1.53. The fourth-order valence-electron chi connectivity index (χ4n) is 2.16. The van der Waals surface area contributed by atoms with E-state index in [0.717, 1.165) is 0 Å². The first-order valence-corrected chi connectivity index (χ1v) is 7.13. The summed E-state index contributed by atoms with van der Waals surface area (Å²) in [5, 5.41) is 3.42. The van der Waals surface area contributed by atoms with Crippen molar-refractivity contribution >= 4 is 29.1 Å². The number of likely N-dealkylation sites (tertiary alicyclic amines) is 1. The van der Waals surface area contributed by atoms with Gasteiger partial charge in [-0.2, -0.15) is 0 Å². The number of carbonyl (C=O) groups excluding carboxylic acids is 2. The number of halogens is 1. The Kier molecular flexibility index (Phi) is 4.02. The molecule has 0 spiro atoms. The molecule has 1 aromatic carbocycles. The van der Waals surface area contributed by atoms with E-state index < -0.39 is 0 Å². The van der Waals surface area contributed by atoms with E-state index in [1.807, 2.05) is 0 Å². The Labute approximate surface area is 132 Å². The molecule has 2 heterocycles. The number of benzene rings is 1. The number of rotatable bonds is 3. The summed E-state index contributed by atoms with van der Waals surface area (Å²) in [5.74, 6) is -0.523. The highest BCUT2D eigenvalue weighted by molar-refractivity contribution is 6.30. The Morgan fingerprint density at radius 1 is 1.18 bits per heavy atom. The fraction of sp³-hybridized carbons (Fsp3) is 0.200. The molecule has 112 valence electrons. The third-order valence-corrected chi connectivity index (χ3v) is 3.69. The first kappa shape index (κ1) is 14.5. The van der Waals surface area contributed by atoms with E-state index >= 15 is 0 Å². The quantitative estimate of drug-likeness (QED) is 0.937. The standard InChI is InChI=1S/C15H13ClN4O2/c16-11-1-3-12(4-2-11)19-14(21)10-8-20(9-10)15(22)13-7-17-5-6-18-13/h1-7,10H,8-9H2,(H,19,21). The molecule has 0 atom stereocenters. The lowest BCUT2D eigenvalue weighted by atomic mass is 9.98. The molecule has 1 saturated heterocycles. The Bertz CT molecular complexity index is 684. The molecule has 7 heteroatoms. The second-order valence-corrected chi connectivity index (χ2v) is 5.43. The van der Waals surface area contributed by atoms with Crippen molar-refractivity contribution in [3.8, 4) is 0 Å². The van der Waals surface area contributed by atoms with E-state index in [0.29, 0.717) is 29.5 Å². The van der Waals surface area contributed by atoms with E-state index in [1.54, 1.807) is 29.2 Å². The number of aromatic nitrogens is 2. The predicted molar refractivity (Wildman–Crippen MR) is 81.5 cm³/mol. The highest BCUT2D eigenvalue weighted by Gasteiger charge is 2.36. The third-order valence-electron chi connectivity index (χ3n) is 3.43. The number of amides is 2. The maximum absolute atomic E-state index is 12.1. The molecule has 0 saturated carbocycles. The van der Waals surface area contributed by atoms with Gasteiger partial charge in [-0.05, 0) is 24.3 Å². The summed E-state index contributed by atoms with van der Waals surface area (Å²) in [7, 11) is 0. The maximum atomic E-state index is 12.1. The van der Waals surface area contributed by atoms with E-state index in [-0.39, 0.29) is 17.7 Å². The topological polar surface area (TPSA) is 75.2 Å². The van der Waals surface area contributed by atoms with Crippen molar-refractivity contribution in [3.05, 3.63) is 53.6 Å². The van der Waals surface area contributed by atoms with Gasteiger partial charge in [-0.25, -0.2) is 4.98 Å². The van der Waals surface area contributed by atoms with E-state index in [1.165, 1.54) is 18.6 Å². The summed E-state index contributed by atoms with van der Waals surface area (Å²) < 4.78 is 0. The molecule has 2 amide bonds. The van der Waals surface area contributed by atoms with Gasteiger partial charge in [0.2, 0.25) is 5.91 Å². The van der Waals surface area contributed by atoms with Crippen molar-refractivity contribution in [2.45, 2.75) is 0 Å². The molecule has 0 bridgehead atoms. The van der Waals surface area contributed by atoms with Crippen molar-refractivity contribution in [2.24, 2.45) is 5.92 Å². The smallest absolute Gasteiger partial charge is 0.274 e. The molecule has 2 aromatic rings. The van der Waals surface area contributed by atoms with Crippen molar-refractivity contribution in [1.82, 2.24) is 14.9 Å². The molecular weight excluding hydrogens is 304 g/mol. The van der Waals surface area contributed by atoms with Gasteiger partial charge in [0.15, 0.2) is 0 Å². The normalized spacial score (nSPS) is 14.3. The van der Waals surface area contributed by atoms with Crippen LogP contribution in [0.25, 0.3) is 0 Å². The number of nitrogens with one attached hydrogen (secondary N) is 1. The van der Waals surface area contributed by atoms with Gasteiger partial charge in [-0.1, -0.05) is 11.6 Å². The minimum absolute atomic E-state index is 0.106. The van der Waals surface area contributed by atoms with Crippen LogP contribution >= 0.6 is 11.6 Å². The van der Waals surface area contributed by atoms with Gasteiger partial charge in [0.25, 0.3) is 5.91 Å². The minimum Gasteiger partial charge on any atom is -0.336 e. The van der Waals surface area contributed by atoms with Crippen LogP contribution in [0.5, 0.6) is 0 Å². The largest absolute Gasteiger partial charge is 0.336 e. The van der Waals surface area contributed by atoms with Crippen LogP contribution in [0.15, 0.2) is 42.9 Å². The van der Waals surface area contributed by atoms with Crippen molar-refractivity contribution in [1.29, 1.82) is 0 Å². The number of hydrogen-bond acceptors (Lipinski definition) is 4. The lowest BCUT2D eigenvalue weighted by Crippen LogP contribution is -2.54.